The minimum atomic E-state index is -0.0178. The minimum Gasteiger partial charge on any atom is -0.360 e. The van der Waals surface area contributed by atoms with Crippen molar-refractivity contribution in [1.29, 1.82) is 0 Å². The first-order valence-electron chi connectivity index (χ1n) is 7.32. The highest BCUT2D eigenvalue weighted by atomic mass is 16.5. The molecule has 0 saturated heterocycles. The van der Waals surface area contributed by atoms with Gasteiger partial charge in [0.05, 0.1) is 0 Å². The average Bonchev–Trinajstić information content (AvgIpc) is 2.70. The van der Waals surface area contributed by atoms with Gasteiger partial charge in [-0.25, -0.2) is 0 Å². The molecule has 20 heavy (non-hydrogen) atoms. The predicted molar refractivity (Wildman–Crippen MR) is 80.6 cm³/mol. The molecule has 0 bridgehead atoms. The zero-order valence-electron chi connectivity index (χ0n) is 13.3. The summed E-state index contributed by atoms with van der Waals surface area (Å²) in [6, 6.07) is 1.72. The molecule has 5 heteroatoms. The number of hydrogen-bond acceptors (Lipinski definition) is 4. The van der Waals surface area contributed by atoms with Gasteiger partial charge in [-0.1, -0.05) is 32.9 Å². The standard InChI is InChI=1S/C15H27N3O2/c1-11(2)9-18(10-12(3)4)7-6-15(19)16-14-8-13(5)20-17-14/h8,11-12H,6-7,9-10H2,1-5H3,(H,16,17,19). The number of anilines is 1. The Morgan fingerprint density at radius 2 is 1.90 bits per heavy atom. The van der Waals surface area contributed by atoms with E-state index in [4.69, 9.17) is 4.52 Å². The van der Waals surface area contributed by atoms with Gasteiger partial charge in [-0.3, -0.25) is 4.79 Å². The van der Waals surface area contributed by atoms with Crippen LogP contribution in [0.5, 0.6) is 0 Å². The Kier molecular flexibility index (Phi) is 6.71. The fourth-order valence-electron chi connectivity index (χ4n) is 2.18. The van der Waals surface area contributed by atoms with Gasteiger partial charge in [0.2, 0.25) is 5.91 Å². The largest absolute Gasteiger partial charge is 0.360 e. The smallest absolute Gasteiger partial charge is 0.226 e. The number of nitrogens with zero attached hydrogens (tertiary/aromatic N) is 2. The molecule has 0 aliphatic carbocycles. The molecule has 0 radical (unpaired) electrons. The molecule has 1 rings (SSSR count). The van der Waals surface area contributed by atoms with Crippen LogP contribution in [-0.2, 0) is 4.79 Å². The topological polar surface area (TPSA) is 58.4 Å². The summed E-state index contributed by atoms with van der Waals surface area (Å²) < 4.78 is 4.92. The van der Waals surface area contributed by atoms with E-state index in [0.717, 1.165) is 19.6 Å². The fourth-order valence-corrected chi connectivity index (χ4v) is 2.18. The molecule has 1 N–H and O–H groups in total. The maximum absolute atomic E-state index is 11.9. The molecule has 1 heterocycles. The van der Waals surface area contributed by atoms with Crippen LogP contribution in [0, 0.1) is 18.8 Å². The Labute approximate surface area is 121 Å². The van der Waals surface area contributed by atoms with Crippen molar-refractivity contribution in [2.24, 2.45) is 11.8 Å². The van der Waals surface area contributed by atoms with Crippen LogP contribution in [0.4, 0.5) is 5.82 Å². The van der Waals surface area contributed by atoms with E-state index >= 15 is 0 Å². The average molecular weight is 281 g/mol. The summed E-state index contributed by atoms with van der Waals surface area (Å²) in [6.45, 7) is 13.4. The first-order chi connectivity index (χ1) is 9.36. The molecule has 1 amide bonds. The van der Waals surface area contributed by atoms with E-state index in [0.29, 0.717) is 29.8 Å². The zero-order valence-corrected chi connectivity index (χ0v) is 13.3. The van der Waals surface area contributed by atoms with Crippen LogP contribution in [0.2, 0.25) is 0 Å². The summed E-state index contributed by atoms with van der Waals surface area (Å²) in [5, 5.41) is 6.51. The van der Waals surface area contributed by atoms with Crippen molar-refractivity contribution in [2.75, 3.05) is 25.0 Å². The molecule has 0 aromatic carbocycles. The summed E-state index contributed by atoms with van der Waals surface area (Å²) in [7, 11) is 0. The lowest BCUT2D eigenvalue weighted by molar-refractivity contribution is -0.116. The highest BCUT2D eigenvalue weighted by Gasteiger charge is 2.12. The van der Waals surface area contributed by atoms with Crippen LogP contribution in [0.3, 0.4) is 0 Å². The van der Waals surface area contributed by atoms with E-state index in [1.165, 1.54) is 0 Å². The van der Waals surface area contributed by atoms with Crippen molar-refractivity contribution in [3.8, 4) is 0 Å². The van der Waals surface area contributed by atoms with E-state index < -0.39 is 0 Å². The number of hydrogen-bond donors (Lipinski definition) is 1. The third-order valence-corrected chi connectivity index (χ3v) is 2.80. The Hall–Kier alpha value is -1.36. The molecule has 0 saturated carbocycles. The molecule has 5 nitrogen and oxygen atoms in total. The van der Waals surface area contributed by atoms with Crippen LogP contribution < -0.4 is 5.32 Å². The first-order valence-corrected chi connectivity index (χ1v) is 7.32. The Balaban J connectivity index is 2.39. The maximum atomic E-state index is 11.9. The normalized spacial score (nSPS) is 11.6. The predicted octanol–water partition coefficient (Wildman–Crippen LogP) is 2.93. The molecule has 1 aromatic heterocycles. The summed E-state index contributed by atoms with van der Waals surface area (Å²) in [5.74, 6) is 2.38. The van der Waals surface area contributed by atoms with Crippen LogP contribution in [-0.4, -0.2) is 35.6 Å². The van der Waals surface area contributed by atoms with Crippen LogP contribution in [0.15, 0.2) is 10.6 Å². The highest BCUT2D eigenvalue weighted by molar-refractivity contribution is 5.89. The van der Waals surface area contributed by atoms with Crippen molar-refractivity contribution in [2.45, 2.75) is 41.0 Å². The van der Waals surface area contributed by atoms with Gasteiger partial charge in [0.15, 0.2) is 5.82 Å². The van der Waals surface area contributed by atoms with Crippen molar-refractivity contribution < 1.29 is 9.32 Å². The van der Waals surface area contributed by atoms with Gasteiger partial charge in [-0.2, -0.15) is 0 Å². The van der Waals surface area contributed by atoms with Gasteiger partial charge >= 0.3 is 0 Å². The third kappa shape index (κ3) is 6.70. The number of carbonyl (C=O) groups excluding carboxylic acids is 1. The lowest BCUT2D eigenvalue weighted by atomic mass is 10.1. The molecule has 0 spiro atoms. The molecule has 114 valence electrons. The van der Waals surface area contributed by atoms with Gasteiger partial charge in [0, 0.05) is 32.1 Å². The number of aryl methyl sites for hydroxylation is 1. The lowest BCUT2D eigenvalue weighted by Gasteiger charge is -2.25. The summed E-state index contributed by atoms with van der Waals surface area (Å²) >= 11 is 0. The van der Waals surface area contributed by atoms with Crippen molar-refractivity contribution in [3.05, 3.63) is 11.8 Å². The van der Waals surface area contributed by atoms with Gasteiger partial charge < -0.3 is 14.7 Å². The van der Waals surface area contributed by atoms with Gasteiger partial charge in [-0.15, -0.1) is 0 Å². The van der Waals surface area contributed by atoms with E-state index in [1.807, 2.05) is 0 Å². The zero-order chi connectivity index (χ0) is 15.1. The Bertz CT molecular complexity index is 403. The monoisotopic (exact) mass is 281 g/mol. The summed E-state index contributed by atoms with van der Waals surface area (Å²) in [6.07, 6.45) is 0.478. The summed E-state index contributed by atoms with van der Waals surface area (Å²) in [4.78, 5) is 14.2. The first kappa shape index (κ1) is 16.7. The summed E-state index contributed by atoms with van der Waals surface area (Å²) in [5.41, 5.74) is 0. The number of nitrogens with one attached hydrogen (secondary N) is 1. The number of aromatic nitrogens is 1. The molecular weight excluding hydrogens is 254 g/mol. The SMILES string of the molecule is Cc1cc(NC(=O)CCN(CC(C)C)CC(C)C)no1. The van der Waals surface area contributed by atoms with Crippen molar-refractivity contribution in [1.82, 2.24) is 10.1 Å². The van der Waals surface area contributed by atoms with Crippen molar-refractivity contribution >= 4 is 11.7 Å². The van der Waals surface area contributed by atoms with Crippen LogP contribution in [0.1, 0.15) is 39.9 Å². The number of amides is 1. The molecular formula is C15H27N3O2. The fraction of sp³-hybridized carbons (Fsp3) is 0.733. The molecule has 0 aliphatic rings. The Morgan fingerprint density at radius 3 is 2.35 bits per heavy atom. The van der Waals surface area contributed by atoms with Crippen molar-refractivity contribution in [3.63, 3.8) is 0 Å². The van der Waals surface area contributed by atoms with Gasteiger partial charge in [0.25, 0.3) is 0 Å². The van der Waals surface area contributed by atoms with Gasteiger partial charge in [0.1, 0.15) is 5.76 Å². The third-order valence-electron chi connectivity index (χ3n) is 2.80. The second-order valence-corrected chi connectivity index (χ2v) is 6.17. The van der Waals surface area contributed by atoms with Gasteiger partial charge in [-0.05, 0) is 18.8 Å². The van der Waals surface area contributed by atoms with E-state index in [2.05, 4.69) is 43.1 Å². The molecule has 0 unspecified atom stereocenters. The minimum absolute atomic E-state index is 0.0178. The maximum Gasteiger partial charge on any atom is 0.226 e. The molecule has 0 aliphatic heterocycles. The molecule has 1 aromatic rings. The number of carbonyl (C=O) groups is 1. The number of rotatable bonds is 8. The quantitative estimate of drug-likeness (QED) is 0.796. The lowest BCUT2D eigenvalue weighted by Crippen LogP contribution is -2.34. The van der Waals surface area contributed by atoms with E-state index in [9.17, 15) is 4.79 Å². The van der Waals surface area contributed by atoms with Crippen LogP contribution >= 0.6 is 0 Å². The molecule has 0 atom stereocenters. The Morgan fingerprint density at radius 1 is 1.30 bits per heavy atom. The molecule has 0 fully saturated rings. The second-order valence-electron chi connectivity index (χ2n) is 6.17. The second kappa shape index (κ2) is 8.04. The van der Waals surface area contributed by atoms with E-state index in [-0.39, 0.29) is 5.91 Å². The van der Waals surface area contributed by atoms with Crippen LogP contribution in [0.25, 0.3) is 0 Å². The van der Waals surface area contributed by atoms with E-state index in [1.54, 1.807) is 13.0 Å². The highest BCUT2D eigenvalue weighted by Crippen LogP contribution is 2.08.